The molecule has 0 radical (unpaired) electrons. The van der Waals surface area contributed by atoms with E-state index < -0.39 is 0 Å². The molecule has 7 heteroatoms. The van der Waals surface area contributed by atoms with Gasteiger partial charge in [0.2, 0.25) is 0 Å². The molecular formula is C43H33N5O2. The van der Waals surface area contributed by atoms with Crippen molar-refractivity contribution in [1.29, 1.82) is 10.5 Å². The zero-order chi connectivity index (χ0) is 35.5. The molecule has 7 nitrogen and oxygen atoms in total. The van der Waals surface area contributed by atoms with Crippen molar-refractivity contribution in [2.45, 2.75) is 33.6 Å². The van der Waals surface area contributed by atoms with Gasteiger partial charge in [0, 0.05) is 17.1 Å². The van der Waals surface area contributed by atoms with Crippen LogP contribution in [0.3, 0.4) is 0 Å². The van der Waals surface area contributed by atoms with Gasteiger partial charge in [-0.25, -0.2) is 20.2 Å². The zero-order valence-electron chi connectivity index (χ0n) is 28.0. The largest absolute Gasteiger partial charge is 0.462 e. The monoisotopic (exact) mass is 651 g/mol. The molecule has 50 heavy (non-hydrogen) atoms. The van der Waals surface area contributed by atoms with Crippen LogP contribution in [0.5, 0.6) is 0 Å². The van der Waals surface area contributed by atoms with Crippen LogP contribution in [0.25, 0.3) is 21.8 Å². The van der Waals surface area contributed by atoms with Gasteiger partial charge in [-0.2, -0.15) is 0 Å². The number of ether oxygens (including phenoxy) is 2. The lowest BCUT2D eigenvalue weighted by molar-refractivity contribution is 0.318. The number of nitrogens with zero attached hydrogens (tertiary/aromatic N) is 5. The van der Waals surface area contributed by atoms with Crippen LogP contribution in [0.1, 0.15) is 43.9 Å². The molecular weight excluding hydrogens is 619 g/mol. The molecule has 0 fully saturated rings. The third-order valence-corrected chi connectivity index (χ3v) is 7.77. The van der Waals surface area contributed by atoms with E-state index in [4.69, 9.17) is 22.6 Å². The first-order chi connectivity index (χ1) is 24.3. The van der Waals surface area contributed by atoms with Crippen molar-refractivity contribution in [3.8, 4) is 12.1 Å². The Balaban J connectivity index is 1.41. The highest BCUT2D eigenvalue weighted by Crippen LogP contribution is 2.35. The highest BCUT2D eigenvalue weighted by molar-refractivity contribution is 5.78. The van der Waals surface area contributed by atoms with Gasteiger partial charge in [0.15, 0.2) is 0 Å². The van der Waals surface area contributed by atoms with Crippen molar-refractivity contribution in [3.63, 3.8) is 0 Å². The summed E-state index contributed by atoms with van der Waals surface area (Å²) in [6, 6.07) is 28.9. The Morgan fingerprint density at radius 3 is 1.40 bits per heavy atom. The minimum atomic E-state index is 0.0250. The minimum Gasteiger partial charge on any atom is -0.462 e. The van der Waals surface area contributed by atoms with Crippen LogP contribution in [0.4, 0.5) is 17.1 Å². The molecule has 2 aliphatic rings. The predicted molar refractivity (Wildman–Crippen MR) is 198 cm³/mol. The maximum Gasteiger partial charge on any atom is 0.269 e. The normalized spacial score (nSPS) is 15.9. The Kier molecular flexibility index (Phi) is 11.1. The second kappa shape index (κ2) is 16.2. The van der Waals surface area contributed by atoms with Gasteiger partial charge in [0.05, 0.1) is 25.3 Å². The molecule has 0 saturated carbocycles. The number of aryl methyl sites for hydroxylation is 1. The summed E-state index contributed by atoms with van der Waals surface area (Å²) in [4.78, 5) is 8.84. The van der Waals surface area contributed by atoms with Crippen molar-refractivity contribution in [3.05, 3.63) is 194 Å². The number of rotatable bonds is 9. The lowest BCUT2D eigenvalue weighted by atomic mass is 10.1. The molecule has 5 rings (SSSR count). The van der Waals surface area contributed by atoms with E-state index in [0.29, 0.717) is 34.2 Å². The summed E-state index contributed by atoms with van der Waals surface area (Å²) < 4.78 is 11.6. The third-order valence-electron chi connectivity index (χ3n) is 7.77. The van der Waals surface area contributed by atoms with Gasteiger partial charge in [0.25, 0.3) is 11.4 Å². The Bertz CT molecular complexity index is 2030. The first-order valence-electron chi connectivity index (χ1n) is 16.0. The van der Waals surface area contributed by atoms with E-state index in [-0.39, 0.29) is 11.4 Å². The number of benzene rings is 3. The van der Waals surface area contributed by atoms with Crippen LogP contribution in [0.15, 0.2) is 155 Å². The number of anilines is 3. The Morgan fingerprint density at radius 2 is 1.04 bits per heavy atom. The summed E-state index contributed by atoms with van der Waals surface area (Å²) in [5.74, 6) is 2.32. The van der Waals surface area contributed by atoms with E-state index in [1.165, 1.54) is 5.56 Å². The molecule has 0 atom stereocenters. The SMILES string of the molecule is [C-]#[N+]/C(C#N)=C1/C=C(C)OC(/C=C/c2ccc(N(c3ccc(/C=C/C4=CC(=C(\C#N)[N+]#[C-])/C=C(C)O4)cc3)c3ccc(CCC)cc3)cc2)=C1. The summed E-state index contributed by atoms with van der Waals surface area (Å²) in [5, 5.41) is 18.6. The molecule has 0 saturated heterocycles. The van der Waals surface area contributed by atoms with E-state index in [1.54, 1.807) is 38.2 Å². The van der Waals surface area contributed by atoms with Crippen LogP contribution in [-0.2, 0) is 15.9 Å². The predicted octanol–water partition coefficient (Wildman–Crippen LogP) is 11.2. The molecule has 0 aliphatic carbocycles. The molecule has 0 amide bonds. The van der Waals surface area contributed by atoms with E-state index >= 15 is 0 Å². The third kappa shape index (κ3) is 8.44. The first-order valence-corrected chi connectivity index (χ1v) is 16.0. The Labute approximate surface area is 293 Å². The van der Waals surface area contributed by atoms with Gasteiger partial charge < -0.3 is 14.4 Å². The van der Waals surface area contributed by atoms with Crippen LogP contribution < -0.4 is 4.90 Å². The summed E-state index contributed by atoms with van der Waals surface area (Å²) in [5.41, 5.74) is 7.32. The topological polar surface area (TPSA) is 78.0 Å². The summed E-state index contributed by atoms with van der Waals surface area (Å²) >= 11 is 0. The molecule has 3 aromatic carbocycles. The van der Waals surface area contributed by atoms with Gasteiger partial charge in [-0.3, -0.25) is 0 Å². The number of hydrogen-bond acceptors (Lipinski definition) is 5. The molecule has 0 bridgehead atoms. The Morgan fingerprint density at radius 1 is 0.640 bits per heavy atom. The fourth-order valence-electron chi connectivity index (χ4n) is 5.44. The number of hydrogen-bond donors (Lipinski definition) is 0. The van der Waals surface area contributed by atoms with Crippen molar-refractivity contribution in [1.82, 2.24) is 0 Å². The second-order valence-electron chi connectivity index (χ2n) is 11.5. The van der Waals surface area contributed by atoms with Crippen LogP contribution >= 0.6 is 0 Å². The highest BCUT2D eigenvalue weighted by Gasteiger charge is 2.14. The lowest BCUT2D eigenvalue weighted by Crippen LogP contribution is -2.10. The smallest absolute Gasteiger partial charge is 0.269 e. The van der Waals surface area contributed by atoms with E-state index in [2.05, 4.69) is 70.0 Å². The summed E-state index contributed by atoms with van der Waals surface area (Å²) in [7, 11) is 0. The average molecular weight is 652 g/mol. The van der Waals surface area contributed by atoms with Crippen LogP contribution in [0.2, 0.25) is 0 Å². The van der Waals surface area contributed by atoms with Gasteiger partial charge in [0.1, 0.15) is 23.0 Å². The quantitative estimate of drug-likeness (QED) is 0.170. The van der Waals surface area contributed by atoms with Crippen LogP contribution in [0, 0.1) is 35.8 Å². The lowest BCUT2D eigenvalue weighted by Gasteiger charge is -2.26. The fraction of sp³-hybridized carbons (Fsp3) is 0.116. The minimum absolute atomic E-state index is 0.0250. The molecule has 0 aromatic heterocycles. The van der Waals surface area contributed by atoms with Crippen molar-refractivity contribution < 1.29 is 9.47 Å². The summed E-state index contributed by atoms with van der Waals surface area (Å²) in [6.45, 7) is 20.3. The fourth-order valence-corrected chi connectivity index (χ4v) is 5.44. The van der Waals surface area contributed by atoms with E-state index in [1.807, 2.05) is 60.7 Å². The van der Waals surface area contributed by atoms with Gasteiger partial charge in [-0.05, 0) is 121 Å². The van der Waals surface area contributed by atoms with E-state index in [9.17, 15) is 10.5 Å². The molecule has 0 spiro atoms. The van der Waals surface area contributed by atoms with Crippen molar-refractivity contribution in [2.24, 2.45) is 0 Å². The molecule has 2 heterocycles. The highest BCUT2D eigenvalue weighted by atomic mass is 16.5. The second-order valence-corrected chi connectivity index (χ2v) is 11.5. The standard InChI is InChI=1S/C43H33N5O2/c1-6-7-32-8-16-37(17-9-32)48(38-18-10-33(11-19-38)14-22-40-26-35(24-30(2)49-40)42(28-44)46-4)39-20-12-34(13-21-39)15-23-41-27-36(25-31(3)50-41)43(29-45)47-5/h8-27H,6-7H2,1-3H3/b22-14+,23-15+,42-35-,43-36+. The molecule has 3 aromatic rings. The van der Waals surface area contributed by atoms with E-state index in [0.717, 1.165) is 41.0 Å². The zero-order valence-corrected chi connectivity index (χ0v) is 28.0. The van der Waals surface area contributed by atoms with Crippen LogP contribution in [-0.4, -0.2) is 0 Å². The maximum absolute atomic E-state index is 9.29. The number of nitriles is 2. The van der Waals surface area contributed by atoms with Gasteiger partial charge in [-0.1, -0.05) is 61.9 Å². The molecule has 0 N–H and O–H groups in total. The van der Waals surface area contributed by atoms with Gasteiger partial charge in [-0.15, -0.1) is 0 Å². The average Bonchev–Trinajstić information content (AvgIpc) is 3.12. The Hall–Kier alpha value is -7.06. The van der Waals surface area contributed by atoms with Crippen molar-refractivity contribution >= 4 is 29.2 Å². The summed E-state index contributed by atoms with van der Waals surface area (Å²) in [6.07, 6.45) is 16.4. The van der Waals surface area contributed by atoms with Gasteiger partial charge >= 0.3 is 0 Å². The number of allylic oxidation sites excluding steroid dienone is 12. The maximum atomic E-state index is 9.29. The molecule has 0 unspecified atom stereocenters. The molecule has 2 aliphatic heterocycles. The van der Waals surface area contributed by atoms with Crippen molar-refractivity contribution in [2.75, 3.05) is 4.90 Å². The molecule has 242 valence electrons. The first kappa shape index (κ1) is 34.3.